The van der Waals surface area contributed by atoms with Crippen LogP contribution in [0.2, 0.25) is 0 Å². The van der Waals surface area contributed by atoms with Crippen molar-refractivity contribution in [1.82, 2.24) is 30.4 Å². The van der Waals surface area contributed by atoms with Crippen molar-refractivity contribution in [1.29, 1.82) is 0 Å². The van der Waals surface area contributed by atoms with Gasteiger partial charge < -0.3 is 15.2 Å². The van der Waals surface area contributed by atoms with Crippen molar-refractivity contribution in [2.75, 3.05) is 13.1 Å². The second-order valence-corrected chi connectivity index (χ2v) is 6.91. The van der Waals surface area contributed by atoms with Crippen LogP contribution >= 0.6 is 0 Å². The van der Waals surface area contributed by atoms with Crippen LogP contribution in [0, 0.1) is 12.3 Å². The highest BCUT2D eigenvalue weighted by molar-refractivity contribution is 5.95. The lowest BCUT2D eigenvalue weighted by molar-refractivity contribution is 0.0775. The SMILES string of the molecule is Cc1[nH]cnc1C(=O)NC1CN(C(=O)c2cn[nH]c(=O)c2)CC1(C)C. The Morgan fingerprint density at radius 1 is 1.40 bits per heavy atom. The Morgan fingerprint density at radius 2 is 2.16 bits per heavy atom. The topological polar surface area (TPSA) is 124 Å². The van der Waals surface area contributed by atoms with E-state index in [0.717, 1.165) is 0 Å². The van der Waals surface area contributed by atoms with Gasteiger partial charge in [-0.1, -0.05) is 13.8 Å². The fraction of sp³-hybridized carbons (Fsp3) is 0.438. The van der Waals surface area contributed by atoms with Gasteiger partial charge in [-0.05, 0) is 6.92 Å². The number of amides is 2. The fourth-order valence-electron chi connectivity index (χ4n) is 3.02. The molecule has 1 fully saturated rings. The highest BCUT2D eigenvalue weighted by Gasteiger charge is 2.42. The van der Waals surface area contributed by atoms with Crippen LogP contribution in [0.15, 0.2) is 23.4 Å². The first-order valence-corrected chi connectivity index (χ1v) is 7.93. The van der Waals surface area contributed by atoms with Gasteiger partial charge in [0.05, 0.1) is 24.1 Å². The molecule has 1 saturated heterocycles. The number of aromatic amines is 2. The van der Waals surface area contributed by atoms with E-state index in [-0.39, 0.29) is 28.8 Å². The van der Waals surface area contributed by atoms with Gasteiger partial charge in [-0.2, -0.15) is 5.10 Å². The molecule has 0 saturated carbocycles. The number of hydrogen-bond acceptors (Lipinski definition) is 5. The molecule has 2 amide bonds. The molecule has 9 heteroatoms. The minimum Gasteiger partial charge on any atom is -0.348 e. The standard InChI is InChI=1S/C16H20N6O3/c1-9-13(18-8-17-9)14(24)20-11-6-22(7-16(11,2)3)15(25)10-4-12(23)21-19-5-10/h4-5,8,11H,6-7H2,1-3H3,(H,17,18)(H,20,24)(H,21,23). The van der Waals surface area contributed by atoms with Crippen molar-refractivity contribution in [3.8, 4) is 0 Å². The second-order valence-electron chi connectivity index (χ2n) is 6.91. The Bertz CT molecular complexity index is 869. The van der Waals surface area contributed by atoms with Gasteiger partial charge >= 0.3 is 0 Å². The van der Waals surface area contributed by atoms with Crippen molar-refractivity contribution in [3.63, 3.8) is 0 Å². The molecular weight excluding hydrogens is 324 g/mol. The minimum absolute atomic E-state index is 0.227. The summed E-state index contributed by atoms with van der Waals surface area (Å²) in [6, 6.07) is 0.997. The normalized spacial score (nSPS) is 19.0. The van der Waals surface area contributed by atoms with E-state index in [1.54, 1.807) is 11.8 Å². The maximum absolute atomic E-state index is 12.6. The van der Waals surface area contributed by atoms with Gasteiger partial charge in [-0.25, -0.2) is 10.1 Å². The third kappa shape index (κ3) is 3.30. The summed E-state index contributed by atoms with van der Waals surface area (Å²) in [7, 11) is 0. The Labute approximate surface area is 143 Å². The van der Waals surface area contributed by atoms with Crippen LogP contribution in [-0.4, -0.2) is 56.0 Å². The van der Waals surface area contributed by atoms with Crippen LogP contribution in [0.4, 0.5) is 0 Å². The van der Waals surface area contributed by atoms with Crippen LogP contribution in [-0.2, 0) is 0 Å². The molecule has 0 aliphatic carbocycles. The third-order valence-electron chi connectivity index (χ3n) is 4.49. The van der Waals surface area contributed by atoms with Crippen LogP contribution in [0.1, 0.15) is 40.4 Å². The number of imidazole rings is 1. The molecule has 0 radical (unpaired) electrons. The highest BCUT2D eigenvalue weighted by atomic mass is 16.2. The van der Waals surface area contributed by atoms with Gasteiger partial charge in [0.2, 0.25) is 0 Å². The number of nitrogens with one attached hydrogen (secondary N) is 3. The van der Waals surface area contributed by atoms with E-state index < -0.39 is 5.56 Å². The highest BCUT2D eigenvalue weighted by Crippen LogP contribution is 2.30. The number of rotatable bonds is 3. The van der Waals surface area contributed by atoms with Gasteiger partial charge in [0.25, 0.3) is 17.4 Å². The molecule has 1 unspecified atom stereocenters. The maximum Gasteiger partial charge on any atom is 0.272 e. The van der Waals surface area contributed by atoms with E-state index in [0.29, 0.717) is 24.5 Å². The summed E-state index contributed by atoms with van der Waals surface area (Å²) >= 11 is 0. The molecule has 1 aliphatic rings. The van der Waals surface area contributed by atoms with Crippen LogP contribution < -0.4 is 10.9 Å². The van der Waals surface area contributed by atoms with Gasteiger partial charge in [0.15, 0.2) is 0 Å². The summed E-state index contributed by atoms with van der Waals surface area (Å²) in [4.78, 5) is 44.9. The Kier molecular flexibility index (Phi) is 4.15. The van der Waals surface area contributed by atoms with Gasteiger partial charge in [-0.3, -0.25) is 14.4 Å². The molecule has 3 rings (SSSR count). The lowest BCUT2D eigenvalue weighted by atomic mass is 9.88. The van der Waals surface area contributed by atoms with Crippen molar-refractivity contribution in [2.24, 2.45) is 5.41 Å². The smallest absolute Gasteiger partial charge is 0.272 e. The molecule has 25 heavy (non-hydrogen) atoms. The summed E-state index contributed by atoms with van der Waals surface area (Å²) < 4.78 is 0. The maximum atomic E-state index is 12.6. The van der Waals surface area contributed by atoms with Crippen LogP contribution in [0.5, 0.6) is 0 Å². The van der Waals surface area contributed by atoms with Crippen molar-refractivity contribution >= 4 is 11.8 Å². The monoisotopic (exact) mass is 344 g/mol. The largest absolute Gasteiger partial charge is 0.348 e. The average Bonchev–Trinajstić information content (AvgIpc) is 3.10. The molecule has 1 atom stereocenters. The Morgan fingerprint density at radius 3 is 2.80 bits per heavy atom. The Hall–Kier alpha value is -2.97. The Balaban J connectivity index is 1.75. The molecular formula is C16H20N6O3. The predicted octanol–water partition coefficient (Wildman–Crippen LogP) is 0.0820. The van der Waals surface area contributed by atoms with Gasteiger partial charge in [0.1, 0.15) is 5.69 Å². The molecule has 2 aromatic heterocycles. The van der Waals surface area contributed by atoms with Crippen molar-refractivity contribution in [3.05, 3.63) is 45.9 Å². The average molecular weight is 344 g/mol. The fourth-order valence-corrected chi connectivity index (χ4v) is 3.02. The summed E-state index contributed by atoms with van der Waals surface area (Å²) in [6.45, 7) is 6.56. The summed E-state index contributed by atoms with van der Waals surface area (Å²) in [6.07, 6.45) is 2.80. The lowest BCUT2D eigenvalue weighted by Gasteiger charge is -2.25. The zero-order valence-corrected chi connectivity index (χ0v) is 14.3. The van der Waals surface area contributed by atoms with E-state index in [4.69, 9.17) is 0 Å². The van der Waals surface area contributed by atoms with Crippen molar-refractivity contribution in [2.45, 2.75) is 26.8 Å². The first kappa shape index (κ1) is 16.9. The third-order valence-corrected chi connectivity index (χ3v) is 4.49. The number of nitrogens with zero attached hydrogens (tertiary/aromatic N) is 3. The molecule has 0 bridgehead atoms. The first-order chi connectivity index (χ1) is 11.8. The number of aromatic nitrogens is 4. The number of H-pyrrole nitrogens is 2. The molecule has 132 valence electrons. The predicted molar refractivity (Wildman–Crippen MR) is 89.1 cm³/mol. The van der Waals surface area contributed by atoms with E-state index >= 15 is 0 Å². The van der Waals surface area contributed by atoms with Crippen LogP contribution in [0.3, 0.4) is 0 Å². The van der Waals surface area contributed by atoms with Crippen molar-refractivity contribution < 1.29 is 9.59 Å². The molecule has 0 spiro atoms. The van der Waals surface area contributed by atoms with Gasteiger partial charge in [-0.15, -0.1) is 0 Å². The number of carbonyl (C=O) groups is 2. The summed E-state index contributed by atoms with van der Waals surface area (Å²) in [5.74, 6) is -0.552. The number of hydrogen-bond donors (Lipinski definition) is 3. The number of carbonyl (C=O) groups excluding carboxylic acids is 2. The number of aryl methyl sites for hydroxylation is 1. The molecule has 2 aromatic rings. The van der Waals surface area contributed by atoms with E-state index in [2.05, 4.69) is 25.5 Å². The van der Waals surface area contributed by atoms with Gasteiger partial charge in [0, 0.05) is 30.3 Å². The number of likely N-dealkylation sites (tertiary alicyclic amines) is 1. The summed E-state index contributed by atoms with van der Waals surface area (Å²) in [5.41, 5.74) is 0.525. The zero-order chi connectivity index (χ0) is 18.2. The molecule has 9 nitrogen and oxygen atoms in total. The molecule has 0 aromatic carbocycles. The van der Waals surface area contributed by atoms with E-state index in [1.807, 2.05) is 13.8 Å². The molecule has 1 aliphatic heterocycles. The van der Waals surface area contributed by atoms with E-state index in [9.17, 15) is 14.4 Å². The zero-order valence-electron chi connectivity index (χ0n) is 14.3. The first-order valence-electron chi connectivity index (χ1n) is 7.93. The molecule has 3 heterocycles. The van der Waals surface area contributed by atoms with Crippen LogP contribution in [0.25, 0.3) is 0 Å². The molecule has 3 N–H and O–H groups in total. The lowest BCUT2D eigenvalue weighted by Crippen LogP contribution is -2.44. The summed E-state index contributed by atoms with van der Waals surface area (Å²) in [5, 5.41) is 8.86. The minimum atomic E-state index is -0.428. The quantitative estimate of drug-likeness (QED) is 0.727. The second kappa shape index (κ2) is 6.15. The van der Waals surface area contributed by atoms with E-state index in [1.165, 1.54) is 18.6 Å².